The van der Waals surface area contributed by atoms with Crippen LogP contribution in [0.4, 0.5) is 0 Å². The molecule has 0 unspecified atom stereocenters. The summed E-state index contributed by atoms with van der Waals surface area (Å²) in [6.45, 7) is 53.7. The molecule has 16 heteroatoms. The molecular weight excluding hydrogens is 1130 g/mol. The van der Waals surface area contributed by atoms with Gasteiger partial charge in [-0.25, -0.2) is 0 Å². The molecule has 0 aromatic carbocycles. The van der Waals surface area contributed by atoms with Crippen molar-refractivity contribution in [2.24, 2.45) is 16.9 Å². The zero-order valence-electron chi connectivity index (χ0n) is 63.7. The summed E-state index contributed by atoms with van der Waals surface area (Å²) in [5.41, 5.74) is 12.3. The zero-order chi connectivity index (χ0) is 67.6. The fourth-order valence-corrected chi connectivity index (χ4v) is 13.0. The van der Waals surface area contributed by atoms with Gasteiger partial charge in [-0.2, -0.15) is 0 Å². The van der Waals surface area contributed by atoms with Gasteiger partial charge in [0.05, 0.1) is 80.0 Å². The largest absolute Gasteiger partial charge is 0.355 e. The van der Waals surface area contributed by atoms with Gasteiger partial charge < -0.3 is 51.5 Å². The summed E-state index contributed by atoms with van der Waals surface area (Å²) in [5.74, 6) is 0.179. The maximum Gasteiger partial charge on any atom is 0.220 e. The predicted molar refractivity (Wildman–Crippen MR) is 398 cm³/mol. The van der Waals surface area contributed by atoms with Crippen LogP contribution in [0.15, 0.2) is 0 Å². The number of nitrogens with two attached hydrogens (primary N) is 2. The van der Waals surface area contributed by atoms with Crippen LogP contribution in [0.25, 0.3) is 0 Å². The first-order valence-electron chi connectivity index (χ1n) is 39.3. The molecule has 0 bridgehead atoms. The molecule has 0 heterocycles. The Hall–Kier alpha value is -1.54. The van der Waals surface area contributed by atoms with E-state index in [0.717, 1.165) is 118 Å². The third-order valence-corrected chi connectivity index (χ3v) is 20.0. The van der Waals surface area contributed by atoms with E-state index >= 15 is 0 Å². The molecule has 0 aromatic heterocycles. The average molecular weight is 1300 g/mol. The SMILES string of the molecule is CCCCCC[N+](C)(CCCCCC)CCN(CCN)CCNCCN(CCNCCNC(=O)CCC(C)(C)CCC(=O)NC(C)C)CCN(CCNCCN)CCN(CC[N+](C)(CCCCCC)CCCCCC)CC[N+](C)(CCCCCC)CCCCCC. The van der Waals surface area contributed by atoms with Gasteiger partial charge in [-0.1, -0.05) is 132 Å². The molecule has 544 valence electrons. The Labute approximate surface area is 567 Å². The molecule has 0 atom stereocenters. The summed E-state index contributed by atoms with van der Waals surface area (Å²) in [7, 11) is 7.72. The number of quaternary nitrogens is 3. The second-order valence-corrected chi connectivity index (χ2v) is 30.2. The molecule has 0 spiro atoms. The number of likely N-dealkylation sites (N-methyl/N-ethyl adjacent to an activating group) is 3. The Balaban J connectivity index is 6.58. The van der Waals surface area contributed by atoms with E-state index in [-0.39, 0.29) is 23.3 Å². The van der Waals surface area contributed by atoms with Gasteiger partial charge in [0.1, 0.15) is 0 Å². The quantitative estimate of drug-likeness (QED) is 0.0230. The van der Waals surface area contributed by atoms with Crippen LogP contribution in [-0.2, 0) is 9.59 Å². The molecule has 0 saturated heterocycles. The first-order valence-corrected chi connectivity index (χ1v) is 39.3. The van der Waals surface area contributed by atoms with Crippen LogP contribution >= 0.6 is 0 Å². The van der Waals surface area contributed by atoms with Gasteiger partial charge in [0.25, 0.3) is 0 Å². The van der Waals surface area contributed by atoms with E-state index in [2.05, 4.69) is 123 Å². The highest BCUT2D eigenvalue weighted by Gasteiger charge is 2.28. The van der Waals surface area contributed by atoms with Crippen LogP contribution in [0.1, 0.15) is 249 Å². The van der Waals surface area contributed by atoms with Gasteiger partial charge in [-0.05, 0) is 109 Å². The molecule has 0 radical (unpaired) electrons. The summed E-state index contributed by atoms with van der Waals surface area (Å²) in [6.07, 6.45) is 34.5. The minimum atomic E-state index is -0.0754. The van der Waals surface area contributed by atoms with Crippen molar-refractivity contribution in [2.45, 2.75) is 255 Å². The van der Waals surface area contributed by atoms with Crippen molar-refractivity contribution in [1.29, 1.82) is 0 Å². The van der Waals surface area contributed by atoms with Crippen LogP contribution < -0.4 is 38.1 Å². The fourth-order valence-electron chi connectivity index (χ4n) is 13.0. The summed E-state index contributed by atoms with van der Waals surface area (Å²) in [6, 6.07) is 0.142. The van der Waals surface area contributed by atoms with Crippen molar-refractivity contribution in [3.63, 3.8) is 0 Å². The third kappa shape index (κ3) is 54.2. The molecular formula is C75H165N14O2+3. The first kappa shape index (κ1) is 89.5. The summed E-state index contributed by atoms with van der Waals surface area (Å²) in [4.78, 5) is 36.4. The number of carbonyl (C=O) groups is 2. The number of hydrogen-bond donors (Lipinski definition) is 7. The number of carbonyl (C=O) groups excluding carboxylic acids is 2. The summed E-state index contributed by atoms with van der Waals surface area (Å²) in [5, 5.41) is 17.5. The van der Waals surface area contributed by atoms with Crippen molar-refractivity contribution in [1.82, 2.24) is 46.2 Å². The predicted octanol–water partition coefficient (Wildman–Crippen LogP) is 10.9. The molecule has 0 aromatic rings. The lowest BCUT2D eigenvalue weighted by Crippen LogP contribution is -2.54. The Bertz CT molecular complexity index is 1530. The lowest BCUT2D eigenvalue weighted by atomic mass is 9.83. The minimum absolute atomic E-state index is 0.0754. The number of nitrogens with one attached hydrogen (secondary N) is 5. The van der Waals surface area contributed by atoms with Crippen molar-refractivity contribution in [3.05, 3.63) is 0 Å². The number of rotatable bonds is 71. The van der Waals surface area contributed by atoms with Gasteiger partial charge in [0.15, 0.2) is 0 Å². The highest BCUT2D eigenvalue weighted by atomic mass is 16.2. The van der Waals surface area contributed by atoms with E-state index < -0.39 is 0 Å². The smallest absolute Gasteiger partial charge is 0.220 e. The first-order chi connectivity index (χ1) is 43.8. The second kappa shape index (κ2) is 59.7. The highest BCUT2D eigenvalue weighted by molar-refractivity contribution is 5.76. The maximum atomic E-state index is 13.0. The lowest BCUT2D eigenvalue weighted by Gasteiger charge is -2.39. The number of hydrogen-bond acceptors (Lipinski definition) is 11. The van der Waals surface area contributed by atoms with Crippen molar-refractivity contribution in [3.8, 4) is 0 Å². The normalized spacial score (nSPS) is 12.7. The van der Waals surface area contributed by atoms with E-state index in [4.69, 9.17) is 11.5 Å². The van der Waals surface area contributed by atoms with Crippen LogP contribution in [0.2, 0.25) is 0 Å². The summed E-state index contributed by atoms with van der Waals surface area (Å²) < 4.78 is 3.60. The van der Waals surface area contributed by atoms with Gasteiger partial charge >= 0.3 is 0 Å². The van der Waals surface area contributed by atoms with Crippen molar-refractivity contribution < 1.29 is 23.0 Å². The molecule has 0 aliphatic carbocycles. The number of unbranched alkanes of at least 4 members (excludes halogenated alkanes) is 18. The molecule has 0 aliphatic rings. The second-order valence-electron chi connectivity index (χ2n) is 30.2. The van der Waals surface area contributed by atoms with Crippen LogP contribution in [0, 0.1) is 5.41 Å². The molecule has 91 heavy (non-hydrogen) atoms. The van der Waals surface area contributed by atoms with Gasteiger partial charge in [-0.15, -0.1) is 0 Å². The zero-order valence-corrected chi connectivity index (χ0v) is 63.7. The topological polar surface area (TPSA) is 159 Å². The Morgan fingerprint density at radius 1 is 0.352 bits per heavy atom. The van der Waals surface area contributed by atoms with E-state index in [1.807, 2.05) is 13.8 Å². The van der Waals surface area contributed by atoms with Crippen molar-refractivity contribution in [2.75, 3.05) is 217 Å². The number of amides is 2. The van der Waals surface area contributed by atoms with Crippen LogP contribution in [0.3, 0.4) is 0 Å². The van der Waals surface area contributed by atoms with E-state index in [0.29, 0.717) is 32.5 Å². The Morgan fingerprint density at radius 2 is 0.648 bits per heavy atom. The molecule has 16 nitrogen and oxygen atoms in total. The standard InChI is InChI=1S/C75H163N14O2/c1-14-20-26-32-63-87(11,64-33-27-21-15-2)69-60-83(51-43-77)52-49-80-50-54-84(53-48-79-45-46-81-73(90)38-40-75(9,10)41-39-74(91)82-72(7)8)56-57-85(55-47-78-44-42-76)58-59-86(61-70-88(12,65-34-28-22-16-3)66-35-29-23-17-4)62-71-89(13,67-36-30-24-18-5)68-37-31-25-19-6/h72,78-80H,14-71,76-77H2,1-13H3/q+1/p+2. The van der Waals surface area contributed by atoms with E-state index in [9.17, 15) is 9.59 Å². The van der Waals surface area contributed by atoms with Crippen LogP contribution in [-0.4, -0.2) is 268 Å². The Morgan fingerprint density at radius 3 is 0.967 bits per heavy atom. The summed E-state index contributed by atoms with van der Waals surface area (Å²) >= 11 is 0. The third-order valence-electron chi connectivity index (χ3n) is 20.0. The lowest BCUT2D eigenvalue weighted by molar-refractivity contribution is -0.912. The minimum Gasteiger partial charge on any atom is -0.355 e. The highest BCUT2D eigenvalue weighted by Crippen LogP contribution is 2.28. The van der Waals surface area contributed by atoms with Crippen LogP contribution in [0.5, 0.6) is 0 Å². The molecule has 0 saturated carbocycles. The average Bonchev–Trinajstić information content (AvgIpc) is 3.71. The van der Waals surface area contributed by atoms with E-state index in [1.54, 1.807) is 0 Å². The van der Waals surface area contributed by atoms with Gasteiger partial charge in [0.2, 0.25) is 11.8 Å². The molecule has 0 rings (SSSR count). The Kier molecular flexibility index (Phi) is 58.7. The van der Waals surface area contributed by atoms with Crippen molar-refractivity contribution >= 4 is 11.8 Å². The molecule has 9 N–H and O–H groups in total. The fraction of sp³-hybridized carbons (Fsp3) is 0.973. The molecule has 0 aliphatic heterocycles. The monoisotopic (exact) mass is 1290 g/mol. The molecule has 2 amide bonds. The number of nitrogens with zero attached hydrogens (tertiary/aromatic N) is 7. The van der Waals surface area contributed by atoms with Gasteiger partial charge in [0, 0.05) is 156 Å². The maximum absolute atomic E-state index is 13.0. The van der Waals surface area contributed by atoms with Gasteiger partial charge in [-0.3, -0.25) is 29.2 Å². The van der Waals surface area contributed by atoms with E-state index in [1.165, 1.54) is 240 Å². The molecule has 0 fully saturated rings.